The van der Waals surface area contributed by atoms with Gasteiger partial charge in [-0.2, -0.15) is 0 Å². The van der Waals surface area contributed by atoms with Crippen LogP contribution in [0.4, 0.5) is 10.2 Å². The SMILES string of the molecule is Cc1ncnc(N2CCC(C(C)Br)CC2)c1F. The lowest BCUT2D eigenvalue weighted by atomic mass is 9.94. The molecule has 1 aliphatic rings. The van der Waals surface area contributed by atoms with Crippen LogP contribution in [0.1, 0.15) is 25.5 Å². The molecule has 1 atom stereocenters. The molecule has 1 aromatic heterocycles. The molecule has 0 bridgehead atoms. The predicted molar refractivity (Wildman–Crippen MR) is 70.1 cm³/mol. The third kappa shape index (κ3) is 2.76. The Kier molecular flexibility index (Phi) is 3.97. The van der Waals surface area contributed by atoms with Crippen molar-refractivity contribution < 1.29 is 4.39 Å². The minimum Gasteiger partial charge on any atom is -0.354 e. The molecule has 0 radical (unpaired) electrons. The second kappa shape index (κ2) is 5.29. The van der Waals surface area contributed by atoms with Gasteiger partial charge >= 0.3 is 0 Å². The van der Waals surface area contributed by atoms with Crippen molar-refractivity contribution in [1.82, 2.24) is 9.97 Å². The Bertz CT molecular complexity index is 389. The summed E-state index contributed by atoms with van der Waals surface area (Å²) in [4.78, 5) is 10.5. The molecule has 0 spiro atoms. The number of aryl methyl sites for hydroxylation is 1. The van der Waals surface area contributed by atoms with Gasteiger partial charge in [0.05, 0.1) is 5.69 Å². The summed E-state index contributed by atoms with van der Waals surface area (Å²) >= 11 is 3.62. The maximum Gasteiger partial charge on any atom is 0.186 e. The van der Waals surface area contributed by atoms with Crippen LogP contribution in [-0.4, -0.2) is 27.9 Å². The van der Waals surface area contributed by atoms with E-state index in [0.717, 1.165) is 25.9 Å². The zero-order valence-electron chi connectivity index (χ0n) is 10.2. The molecule has 1 aromatic rings. The summed E-state index contributed by atoms with van der Waals surface area (Å²) in [5.74, 6) is 0.855. The van der Waals surface area contributed by atoms with E-state index in [2.05, 4.69) is 32.8 Å². The van der Waals surface area contributed by atoms with E-state index in [4.69, 9.17) is 0 Å². The van der Waals surface area contributed by atoms with E-state index in [9.17, 15) is 4.39 Å². The van der Waals surface area contributed by atoms with Gasteiger partial charge in [0.1, 0.15) is 6.33 Å². The van der Waals surface area contributed by atoms with Gasteiger partial charge in [-0.15, -0.1) is 0 Å². The fourth-order valence-corrected chi connectivity index (χ4v) is 2.77. The first kappa shape index (κ1) is 12.7. The van der Waals surface area contributed by atoms with E-state index in [1.54, 1.807) is 6.92 Å². The molecular formula is C12H17BrFN3. The summed E-state index contributed by atoms with van der Waals surface area (Å²) in [6.07, 6.45) is 3.59. The molecule has 0 aliphatic carbocycles. The highest BCUT2D eigenvalue weighted by Gasteiger charge is 2.25. The normalized spacial score (nSPS) is 19.4. The van der Waals surface area contributed by atoms with Crippen LogP contribution in [0.2, 0.25) is 0 Å². The summed E-state index contributed by atoms with van der Waals surface area (Å²) in [5, 5.41) is 0. The molecule has 2 heterocycles. The average Bonchev–Trinajstić information content (AvgIpc) is 2.33. The molecule has 3 nitrogen and oxygen atoms in total. The van der Waals surface area contributed by atoms with E-state index >= 15 is 0 Å². The van der Waals surface area contributed by atoms with Gasteiger partial charge in [0.25, 0.3) is 0 Å². The Morgan fingerprint density at radius 3 is 2.65 bits per heavy atom. The van der Waals surface area contributed by atoms with Crippen LogP contribution in [0, 0.1) is 18.7 Å². The predicted octanol–water partition coefficient (Wildman–Crippen LogP) is 2.92. The number of anilines is 1. The number of alkyl halides is 1. The Hall–Kier alpha value is -0.710. The van der Waals surface area contributed by atoms with Gasteiger partial charge in [-0.25, -0.2) is 14.4 Å². The van der Waals surface area contributed by atoms with Gasteiger partial charge in [0.15, 0.2) is 11.6 Å². The van der Waals surface area contributed by atoms with Crippen molar-refractivity contribution >= 4 is 21.7 Å². The third-order valence-electron chi connectivity index (χ3n) is 3.43. The van der Waals surface area contributed by atoms with Gasteiger partial charge in [0.2, 0.25) is 0 Å². The number of rotatable bonds is 2. The van der Waals surface area contributed by atoms with Crippen molar-refractivity contribution in [2.45, 2.75) is 31.5 Å². The van der Waals surface area contributed by atoms with Crippen molar-refractivity contribution in [2.24, 2.45) is 5.92 Å². The van der Waals surface area contributed by atoms with Crippen LogP contribution >= 0.6 is 15.9 Å². The number of hydrogen-bond acceptors (Lipinski definition) is 3. The second-order valence-corrected chi connectivity index (χ2v) is 6.04. The largest absolute Gasteiger partial charge is 0.354 e. The number of halogens is 2. The Balaban J connectivity index is 2.08. The molecule has 0 saturated carbocycles. The number of aromatic nitrogens is 2. The lowest BCUT2D eigenvalue weighted by molar-refractivity contribution is 0.402. The van der Waals surface area contributed by atoms with Gasteiger partial charge in [-0.1, -0.05) is 22.9 Å². The number of piperidine rings is 1. The Morgan fingerprint density at radius 2 is 2.06 bits per heavy atom. The molecule has 2 rings (SSSR count). The molecular weight excluding hydrogens is 285 g/mol. The molecule has 1 saturated heterocycles. The monoisotopic (exact) mass is 301 g/mol. The second-order valence-electron chi connectivity index (χ2n) is 4.60. The Morgan fingerprint density at radius 1 is 1.41 bits per heavy atom. The third-order valence-corrected chi connectivity index (χ3v) is 4.18. The molecule has 5 heteroatoms. The lowest BCUT2D eigenvalue weighted by Crippen LogP contribution is -2.37. The summed E-state index contributed by atoms with van der Waals surface area (Å²) in [5.41, 5.74) is 0.422. The van der Waals surface area contributed by atoms with Crippen molar-refractivity contribution in [3.63, 3.8) is 0 Å². The van der Waals surface area contributed by atoms with Crippen molar-refractivity contribution in [1.29, 1.82) is 0 Å². The van der Waals surface area contributed by atoms with Crippen LogP contribution in [0.5, 0.6) is 0 Å². The molecule has 1 unspecified atom stereocenters. The van der Waals surface area contributed by atoms with Gasteiger partial charge in [0, 0.05) is 17.9 Å². The lowest BCUT2D eigenvalue weighted by Gasteiger charge is -2.34. The van der Waals surface area contributed by atoms with E-state index in [1.807, 2.05) is 4.90 Å². The van der Waals surface area contributed by atoms with E-state index in [0.29, 0.717) is 22.3 Å². The highest BCUT2D eigenvalue weighted by atomic mass is 79.9. The zero-order valence-corrected chi connectivity index (χ0v) is 11.7. The molecule has 1 fully saturated rings. The van der Waals surface area contributed by atoms with E-state index in [1.165, 1.54) is 6.33 Å². The first-order valence-corrected chi connectivity index (χ1v) is 6.87. The first-order valence-electron chi connectivity index (χ1n) is 5.95. The molecule has 0 amide bonds. The minimum atomic E-state index is -0.280. The standard InChI is InChI=1S/C12H17BrFN3/c1-8(13)10-3-5-17(6-4-10)12-11(14)9(2)15-7-16-12/h7-8,10H,3-6H2,1-2H3. The molecule has 0 aromatic carbocycles. The first-order chi connectivity index (χ1) is 8.09. The molecule has 0 N–H and O–H groups in total. The maximum atomic E-state index is 13.9. The summed E-state index contributed by atoms with van der Waals surface area (Å²) in [6, 6.07) is 0. The Labute approximate surface area is 110 Å². The minimum absolute atomic E-state index is 0.280. The topological polar surface area (TPSA) is 29.0 Å². The molecule has 17 heavy (non-hydrogen) atoms. The smallest absolute Gasteiger partial charge is 0.186 e. The zero-order chi connectivity index (χ0) is 12.4. The van der Waals surface area contributed by atoms with Gasteiger partial charge in [-0.05, 0) is 25.7 Å². The van der Waals surface area contributed by atoms with Crippen LogP contribution in [-0.2, 0) is 0 Å². The van der Waals surface area contributed by atoms with Crippen molar-refractivity contribution in [2.75, 3.05) is 18.0 Å². The van der Waals surface area contributed by atoms with E-state index in [-0.39, 0.29) is 5.82 Å². The fraction of sp³-hybridized carbons (Fsp3) is 0.667. The van der Waals surface area contributed by atoms with Gasteiger partial charge in [-0.3, -0.25) is 0 Å². The van der Waals surface area contributed by atoms with Crippen LogP contribution in [0.25, 0.3) is 0 Å². The summed E-state index contributed by atoms with van der Waals surface area (Å²) in [7, 11) is 0. The highest BCUT2D eigenvalue weighted by molar-refractivity contribution is 9.09. The van der Waals surface area contributed by atoms with Crippen molar-refractivity contribution in [3.8, 4) is 0 Å². The fourth-order valence-electron chi connectivity index (χ4n) is 2.24. The summed E-state index contributed by atoms with van der Waals surface area (Å²) in [6.45, 7) is 5.59. The maximum absolute atomic E-state index is 13.9. The van der Waals surface area contributed by atoms with Crippen LogP contribution < -0.4 is 4.90 Å². The highest BCUT2D eigenvalue weighted by Crippen LogP contribution is 2.28. The molecule has 94 valence electrons. The van der Waals surface area contributed by atoms with Crippen LogP contribution in [0.15, 0.2) is 6.33 Å². The van der Waals surface area contributed by atoms with Gasteiger partial charge < -0.3 is 4.90 Å². The quantitative estimate of drug-likeness (QED) is 0.787. The summed E-state index contributed by atoms with van der Waals surface area (Å²) < 4.78 is 13.9. The van der Waals surface area contributed by atoms with E-state index < -0.39 is 0 Å². The average molecular weight is 302 g/mol. The number of nitrogens with zero attached hydrogens (tertiary/aromatic N) is 3. The van der Waals surface area contributed by atoms with Crippen LogP contribution in [0.3, 0.4) is 0 Å². The molecule has 1 aliphatic heterocycles. The number of hydrogen-bond donors (Lipinski definition) is 0. The van der Waals surface area contributed by atoms with Crippen molar-refractivity contribution in [3.05, 3.63) is 17.8 Å².